The predicted octanol–water partition coefficient (Wildman–Crippen LogP) is 3.12. The SMILES string of the molecule is CC1(C)N=NC(C)(C)[C@H]2C=CC=C21. The maximum Gasteiger partial charge on any atom is 0.0978 e. The molecule has 1 atom stereocenters. The fourth-order valence-electron chi connectivity index (χ4n) is 2.05. The van der Waals surface area contributed by atoms with Crippen molar-refractivity contribution in [2.24, 2.45) is 16.1 Å². The highest BCUT2D eigenvalue weighted by atomic mass is 15.2. The smallest absolute Gasteiger partial charge is 0.0978 e. The van der Waals surface area contributed by atoms with E-state index in [9.17, 15) is 0 Å². The first kappa shape index (κ1) is 8.67. The first-order chi connectivity index (χ1) is 5.93. The highest BCUT2D eigenvalue weighted by Crippen LogP contribution is 2.44. The number of nitrogens with zero attached hydrogens (tertiary/aromatic N) is 2. The molecule has 0 aromatic heterocycles. The van der Waals surface area contributed by atoms with Crippen LogP contribution < -0.4 is 0 Å². The van der Waals surface area contributed by atoms with E-state index in [1.807, 2.05) is 0 Å². The fourth-order valence-corrected chi connectivity index (χ4v) is 2.05. The van der Waals surface area contributed by atoms with Crippen LogP contribution in [-0.4, -0.2) is 11.1 Å². The molecule has 2 heteroatoms. The molecule has 1 aliphatic carbocycles. The van der Waals surface area contributed by atoms with Gasteiger partial charge in [-0.1, -0.05) is 18.2 Å². The first-order valence-electron chi connectivity index (χ1n) is 4.76. The quantitative estimate of drug-likeness (QED) is 0.541. The van der Waals surface area contributed by atoms with Crippen LogP contribution in [0, 0.1) is 5.92 Å². The summed E-state index contributed by atoms with van der Waals surface area (Å²) in [6, 6.07) is 0. The fraction of sp³-hybridized carbons (Fsp3) is 0.636. The highest BCUT2D eigenvalue weighted by Gasteiger charge is 2.42. The van der Waals surface area contributed by atoms with Gasteiger partial charge in [0.1, 0.15) is 0 Å². The van der Waals surface area contributed by atoms with Gasteiger partial charge in [-0.25, -0.2) is 0 Å². The molecule has 0 fully saturated rings. The average molecular weight is 176 g/mol. The molecular weight excluding hydrogens is 160 g/mol. The van der Waals surface area contributed by atoms with Crippen molar-refractivity contribution in [2.45, 2.75) is 38.8 Å². The molecule has 0 saturated carbocycles. The van der Waals surface area contributed by atoms with Crippen molar-refractivity contribution < 1.29 is 0 Å². The molecule has 0 bridgehead atoms. The number of hydrogen-bond donors (Lipinski definition) is 0. The molecule has 0 radical (unpaired) electrons. The third kappa shape index (κ3) is 1.16. The minimum Gasteiger partial charge on any atom is -0.186 e. The molecule has 0 N–H and O–H groups in total. The Morgan fingerprint density at radius 2 is 1.85 bits per heavy atom. The monoisotopic (exact) mass is 176 g/mol. The van der Waals surface area contributed by atoms with E-state index in [0.717, 1.165) is 0 Å². The zero-order valence-electron chi connectivity index (χ0n) is 8.70. The summed E-state index contributed by atoms with van der Waals surface area (Å²) in [6.07, 6.45) is 6.54. The maximum atomic E-state index is 4.39. The Labute approximate surface area is 79.4 Å². The third-order valence-corrected chi connectivity index (χ3v) is 2.94. The van der Waals surface area contributed by atoms with Crippen LogP contribution in [0.15, 0.2) is 34.0 Å². The molecule has 0 aromatic rings. The second kappa shape index (κ2) is 2.31. The Morgan fingerprint density at radius 1 is 1.15 bits per heavy atom. The van der Waals surface area contributed by atoms with E-state index in [0.29, 0.717) is 5.92 Å². The van der Waals surface area contributed by atoms with Crippen molar-refractivity contribution in [3.05, 3.63) is 23.8 Å². The van der Waals surface area contributed by atoms with Gasteiger partial charge in [0, 0.05) is 5.92 Å². The summed E-state index contributed by atoms with van der Waals surface area (Å²) in [5.74, 6) is 0.444. The molecule has 1 aliphatic heterocycles. The van der Waals surface area contributed by atoms with Gasteiger partial charge in [-0.2, -0.15) is 10.2 Å². The number of rotatable bonds is 0. The molecule has 2 rings (SSSR count). The lowest BCUT2D eigenvalue weighted by atomic mass is 9.76. The molecule has 2 aliphatic rings. The molecule has 0 spiro atoms. The van der Waals surface area contributed by atoms with Gasteiger partial charge in [0.15, 0.2) is 0 Å². The predicted molar refractivity (Wildman–Crippen MR) is 53.7 cm³/mol. The molecule has 1 heterocycles. The number of allylic oxidation sites excluding steroid dienone is 2. The van der Waals surface area contributed by atoms with Gasteiger partial charge in [0.05, 0.1) is 11.1 Å². The van der Waals surface area contributed by atoms with Gasteiger partial charge in [-0.15, -0.1) is 0 Å². The van der Waals surface area contributed by atoms with Gasteiger partial charge < -0.3 is 0 Å². The van der Waals surface area contributed by atoms with Gasteiger partial charge in [-0.3, -0.25) is 0 Å². The van der Waals surface area contributed by atoms with Crippen molar-refractivity contribution >= 4 is 0 Å². The lowest BCUT2D eigenvalue weighted by Crippen LogP contribution is -2.39. The van der Waals surface area contributed by atoms with Crippen LogP contribution in [0.3, 0.4) is 0 Å². The van der Waals surface area contributed by atoms with Crippen molar-refractivity contribution in [1.82, 2.24) is 0 Å². The third-order valence-electron chi connectivity index (χ3n) is 2.94. The van der Waals surface area contributed by atoms with Crippen LogP contribution in [0.25, 0.3) is 0 Å². The van der Waals surface area contributed by atoms with E-state index in [2.05, 4.69) is 56.2 Å². The second-order valence-electron chi connectivity index (χ2n) is 4.90. The highest BCUT2D eigenvalue weighted by molar-refractivity contribution is 5.38. The molecular formula is C11H16N2. The summed E-state index contributed by atoms with van der Waals surface area (Å²) in [4.78, 5) is 0. The summed E-state index contributed by atoms with van der Waals surface area (Å²) >= 11 is 0. The lowest BCUT2D eigenvalue weighted by Gasteiger charge is -2.38. The molecule has 2 nitrogen and oxygen atoms in total. The summed E-state index contributed by atoms with van der Waals surface area (Å²) < 4.78 is 0. The van der Waals surface area contributed by atoms with E-state index >= 15 is 0 Å². The lowest BCUT2D eigenvalue weighted by molar-refractivity contribution is 0.318. The zero-order valence-corrected chi connectivity index (χ0v) is 8.70. The summed E-state index contributed by atoms with van der Waals surface area (Å²) in [5.41, 5.74) is 1.23. The van der Waals surface area contributed by atoms with Crippen LogP contribution in [0.4, 0.5) is 0 Å². The van der Waals surface area contributed by atoms with Crippen LogP contribution in [0.2, 0.25) is 0 Å². The molecule has 0 unspecified atom stereocenters. The van der Waals surface area contributed by atoms with Crippen molar-refractivity contribution in [2.75, 3.05) is 0 Å². The van der Waals surface area contributed by atoms with Gasteiger partial charge in [0.25, 0.3) is 0 Å². The Bertz CT molecular complexity index is 319. The molecule has 13 heavy (non-hydrogen) atoms. The number of azo groups is 1. The van der Waals surface area contributed by atoms with Gasteiger partial charge >= 0.3 is 0 Å². The summed E-state index contributed by atoms with van der Waals surface area (Å²) in [7, 11) is 0. The van der Waals surface area contributed by atoms with E-state index in [4.69, 9.17) is 0 Å². The standard InChI is InChI=1S/C11H16N2/c1-10(2)8-6-5-7-9(8)11(3,4)13-12-10/h5-8H,1-4H3/t8-/m0/s1. The Balaban J connectivity index is 2.50. The minimum absolute atomic E-state index is 0.0612. The van der Waals surface area contributed by atoms with Gasteiger partial charge in [0.2, 0.25) is 0 Å². The van der Waals surface area contributed by atoms with Gasteiger partial charge in [-0.05, 0) is 33.3 Å². The molecule has 0 amide bonds. The largest absolute Gasteiger partial charge is 0.186 e. The van der Waals surface area contributed by atoms with E-state index in [1.54, 1.807) is 0 Å². The zero-order chi connectivity index (χ0) is 9.69. The Kier molecular flexibility index (Phi) is 1.54. The topological polar surface area (TPSA) is 24.7 Å². The van der Waals surface area contributed by atoms with Crippen LogP contribution in [0.5, 0.6) is 0 Å². The first-order valence-corrected chi connectivity index (χ1v) is 4.76. The van der Waals surface area contributed by atoms with Crippen LogP contribution in [-0.2, 0) is 0 Å². The van der Waals surface area contributed by atoms with Crippen molar-refractivity contribution in [3.63, 3.8) is 0 Å². The average Bonchev–Trinajstić information content (AvgIpc) is 2.48. The van der Waals surface area contributed by atoms with E-state index in [-0.39, 0.29) is 11.1 Å². The number of hydrogen-bond acceptors (Lipinski definition) is 2. The van der Waals surface area contributed by atoms with Crippen LogP contribution in [0.1, 0.15) is 27.7 Å². The second-order valence-corrected chi connectivity index (χ2v) is 4.90. The Morgan fingerprint density at radius 3 is 2.46 bits per heavy atom. The summed E-state index contributed by atoms with van der Waals surface area (Å²) in [5, 5.41) is 8.76. The van der Waals surface area contributed by atoms with Crippen molar-refractivity contribution in [3.8, 4) is 0 Å². The minimum atomic E-state index is -0.107. The van der Waals surface area contributed by atoms with Crippen LogP contribution >= 0.6 is 0 Å². The molecule has 0 aromatic carbocycles. The summed E-state index contributed by atoms with van der Waals surface area (Å²) in [6.45, 7) is 8.52. The maximum absolute atomic E-state index is 4.39. The molecule has 70 valence electrons. The van der Waals surface area contributed by atoms with E-state index < -0.39 is 0 Å². The number of fused-ring (bicyclic) bond motifs is 1. The van der Waals surface area contributed by atoms with E-state index in [1.165, 1.54) is 5.57 Å². The van der Waals surface area contributed by atoms with Crippen molar-refractivity contribution in [1.29, 1.82) is 0 Å². The molecule has 0 saturated heterocycles. The normalized spacial score (nSPS) is 32.9. The Hall–Kier alpha value is -0.920.